The fraction of sp³-hybridized carbons (Fsp3) is 0.0175. The third-order valence-electron chi connectivity index (χ3n) is 12.3. The number of nitrogens with zero attached hydrogens (tertiary/aromatic N) is 7. The zero-order valence-corrected chi connectivity index (χ0v) is 35.0. The van der Waals surface area contributed by atoms with E-state index in [1.54, 1.807) is 0 Å². The molecule has 64 heavy (non-hydrogen) atoms. The molecule has 7 heteroatoms. The summed E-state index contributed by atoms with van der Waals surface area (Å²) in [6.07, 6.45) is 11.7. The Kier molecular flexibility index (Phi) is 8.72. The second-order valence-corrected chi connectivity index (χ2v) is 16.0. The summed E-state index contributed by atoms with van der Waals surface area (Å²) in [5, 5.41) is 4.49. The zero-order valence-electron chi connectivity index (χ0n) is 35.0. The molecule has 0 bridgehead atoms. The third-order valence-corrected chi connectivity index (χ3v) is 12.3. The van der Waals surface area contributed by atoms with Gasteiger partial charge in [0.25, 0.3) is 0 Å². The number of para-hydroxylation sites is 2. The number of allylic oxidation sites excluding steroid dienone is 1. The summed E-state index contributed by atoms with van der Waals surface area (Å²) in [7, 11) is 0. The molecule has 6 aromatic heterocycles. The molecule has 0 radical (unpaired) electrons. The minimum absolute atomic E-state index is 0.577. The zero-order chi connectivity index (χ0) is 42.7. The van der Waals surface area contributed by atoms with Gasteiger partial charge in [0, 0.05) is 38.9 Å². The summed E-state index contributed by atoms with van der Waals surface area (Å²) < 4.78 is 6.63. The van der Waals surface area contributed by atoms with Crippen molar-refractivity contribution in [2.24, 2.45) is 0 Å². The molecule has 12 aromatic rings. The second-order valence-electron chi connectivity index (χ2n) is 16.0. The van der Waals surface area contributed by atoms with Crippen LogP contribution >= 0.6 is 0 Å². The summed E-state index contributed by atoms with van der Waals surface area (Å²) in [6.45, 7) is 6.33. The van der Waals surface area contributed by atoms with Gasteiger partial charge in [-0.2, -0.15) is 0 Å². The first-order valence-corrected chi connectivity index (χ1v) is 21.4. The molecule has 0 amide bonds. The van der Waals surface area contributed by atoms with Gasteiger partial charge < -0.3 is 4.57 Å². The van der Waals surface area contributed by atoms with Crippen molar-refractivity contribution in [3.63, 3.8) is 0 Å². The summed E-state index contributed by atoms with van der Waals surface area (Å²) in [5.74, 6) is 1.44. The van der Waals surface area contributed by atoms with Crippen LogP contribution in [-0.4, -0.2) is 33.6 Å². The first-order chi connectivity index (χ1) is 31.7. The van der Waals surface area contributed by atoms with Gasteiger partial charge in [-0.3, -0.25) is 14.1 Å². The van der Waals surface area contributed by atoms with E-state index in [1.165, 1.54) is 10.8 Å². The molecule has 6 aromatic carbocycles. The van der Waals surface area contributed by atoms with Crippen LogP contribution in [0.3, 0.4) is 0 Å². The van der Waals surface area contributed by atoms with Gasteiger partial charge in [0.05, 0.1) is 62.6 Å². The van der Waals surface area contributed by atoms with Crippen molar-refractivity contribution < 1.29 is 0 Å². The molecule has 0 atom stereocenters. The van der Waals surface area contributed by atoms with Gasteiger partial charge in [-0.1, -0.05) is 134 Å². The molecule has 6 heterocycles. The minimum atomic E-state index is 0.577. The van der Waals surface area contributed by atoms with Gasteiger partial charge in [0.15, 0.2) is 0 Å². The quantitative estimate of drug-likeness (QED) is 0.153. The molecule has 7 nitrogen and oxygen atoms in total. The Hall–Kier alpha value is -8.68. The van der Waals surface area contributed by atoms with Crippen molar-refractivity contribution in [3.8, 4) is 51.0 Å². The predicted molar refractivity (Wildman–Crippen MR) is 264 cm³/mol. The van der Waals surface area contributed by atoms with Crippen LogP contribution in [0.15, 0.2) is 201 Å². The van der Waals surface area contributed by atoms with E-state index in [4.69, 9.17) is 19.9 Å². The molecular weight excluding hydrogens is 783 g/mol. The Labute approximate surface area is 369 Å². The Bertz CT molecular complexity index is 3690. The Morgan fingerprint density at radius 2 is 1.11 bits per heavy atom. The molecule has 0 spiro atoms. The van der Waals surface area contributed by atoms with Crippen molar-refractivity contribution in [2.75, 3.05) is 0 Å². The molecule has 0 saturated heterocycles. The lowest BCUT2D eigenvalue weighted by atomic mass is 10.0. The highest BCUT2D eigenvalue weighted by Gasteiger charge is 2.21. The molecule has 0 aliphatic rings. The molecule has 12 rings (SSSR count). The van der Waals surface area contributed by atoms with Gasteiger partial charge in [0.2, 0.25) is 5.95 Å². The number of fused-ring (bicyclic) bond motifs is 7. The van der Waals surface area contributed by atoms with E-state index < -0.39 is 0 Å². The van der Waals surface area contributed by atoms with Crippen LogP contribution in [0.25, 0.3) is 118 Å². The summed E-state index contributed by atoms with van der Waals surface area (Å²) in [4.78, 5) is 20.1. The predicted octanol–water partition coefficient (Wildman–Crippen LogP) is 14.1. The van der Waals surface area contributed by atoms with Crippen LogP contribution in [0.5, 0.6) is 0 Å². The molecular formula is C57H39N7. The molecule has 0 fully saturated rings. The molecule has 0 aliphatic heterocycles. The highest BCUT2D eigenvalue weighted by atomic mass is 15.2. The third kappa shape index (κ3) is 5.90. The van der Waals surface area contributed by atoms with Gasteiger partial charge in [-0.15, -0.1) is 0 Å². The highest BCUT2D eigenvalue weighted by Crippen LogP contribution is 2.39. The average molecular weight is 822 g/mol. The van der Waals surface area contributed by atoms with E-state index >= 15 is 0 Å². The molecule has 0 unspecified atom stereocenters. The van der Waals surface area contributed by atoms with Crippen LogP contribution in [0.2, 0.25) is 0 Å². The van der Waals surface area contributed by atoms with Gasteiger partial charge >= 0.3 is 0 Å². The monoisotopic (exact) mass is 821 g/mol. The van der Waals surface area contributed by atoms with E-state index in [0.29, 0.717) is 5.95 Å². The number of hydrogen-bond acceptors (Lipinski definition) is 4. The topological polar surface area (TPSA) is 66.3 Å². The lowest BCUT2D eigenvalue weighted by Gasteiger charge is -2.13. The van der Waals surface area contributed by atoms with E-state index in [2.05, 4.69) is 184 Å². The lowest BCUT2D eigenvalue weighted by Crippen LogP contribution is -2.05. The fourth-order valence-corrected chi connectivity index (χ4v) is 9.46. The Morgan fingerprint density at radius 1 is 0.469 bits per heavy atom. The Morgan fingerprint density at radius 3 is 1.88 bits per heavy atom. The van der Waals surface area contributed by atoms with Crippen molar-refractivity contribution in [1.82, 2.24) is 33.6 Å². The van der Waals surface area contributed by atoms with Gasteiger partial charge in [-0.25, -0.2) is 15.0 Å². The number of hydrogen-bond donors (Lipinski definition) is 0. The average Bonchev–Trinajstić information content (AvgIpc) is 3.99. The van der Waals surface area contributed by atoms with E-state index in [0.717, 1.165) is 100 Å². The van der Waals surface area contributed by atoms with Crippen molar-refractivity contribution in [3.05, 3.63) is 212 Å². The number of aromatic nitrogens is 7. The minimum Gasteiger partial charge on any atom is -0.305 e. The SMILES string of the molecule is C=Cc1c(/C=C\C)n(-c2ncc(-n3c4ccccc4c4ncccc43)cn2)c2ccc(-c3ccc4c5ccccc5n(-c5cc(-c6ccccc6)cc(-c6ccccc6)n5)c4c3)cc12. The van der Waals surface area contributed by atoms with E-state index in [1.807, 2.05) is 49.8 Å². The lowest BCUT2D eigenvalue weighted by molar-refractivity contribution is 0.937. The van der Waals surface area contributed by atoms with Crippen LogP contribution < -0.4 is 0 Å². The molecule has 302 valence electrons. The maximum absolute atomic E-state index is 5.37. The number of benzene rings is 6. The number of pyridine rings is 2. The fourth-order valence-electron chi connectivity index (χ4n) is 9.46. The largest absolute Gasteiger partial charge is 0.305 e. The Balaban J connectivity index is 1.01. The highest BCUT2D eigenvalue weighted by molar-refractivity contribution is 6.11. The first kappa shape index (κ1) is 37.1. The van der Waals surface area contributed by atoms with Crippen molar-refractivity contribution >= 4 is 66.8 Å². The molecule has 0 aliphatic carbocycles. The van der Waals surface area contributed by atoms with Crippen LogP contribution in [0.4, 0.5) is 0 Å². The van der Waals surface area contributed by atoms with E-state index in [-0.39, 0.29) is 0 Å². The normalized spacial score (nSPS) is 11.8. The summed E-state index contributed by atoms with van der Waals surface area (Å²) in [5.41, 5.74) is 15.5. The van der Waals surface area contributed by atoms with Crippen molar-refractivity contribution in [1.29, 1.82) is 0 Å². The van der Waals surface area contributed by atoms with Crippen LogP contribution in [0, 0.1) is 0 Å². The van der Waals surface area contributed by atoms with Gasteiger partial charge in [-0.05, 0) is 89.9 Å². The second kappa shape index (κ2) is 15.0. The summed E-state index contributed by atoms with van der Waals surface area (Å²) >= 11 is 0. The molecule has 0 saturated carbocycles. The van der Waals surface area contributed by atoms with Gasteiger partial charge in [0.1, 0.15) is 5.82 Å². The maximum atomic E-state index is 5.37. The number of rotatable bonds is 8. The smallest absolute Gasteiger partial charge is 0.234 e. The van der Waals surface area contributed by atoms with Crippen molar-refractivity contribution in [2.45, 2.75) is 6.92 Å². The standard InChI is InChI=1S/C57H39N7/c1-3-16-49-43(4-2)47-31-39(27-29-52(47)64(49)57-59-35-42(36-60-57)62-51-24-14-12-22-46(51)56-53(62)25-15-30-58-56)40-26-28-45-44-21-11-13-23-50(44)63(54(45)33-40)55-34-41(37-17-7-5-8-18-37)32-48(61-55)38-19-9-6-10-20-38/h3-36H,2H2,1H3/b16-3-. The first-order valence-electron chi connectivity index (χ1n) is 21.4. The molecule has 0 N–H and O–H groups in total. The van der Waals surface area contributed by atoms with E-state index in [9.17, 15) is 0 Å². The maximum Gasteiger partial charge on any atom is 0.234 e. The van der Waals surface area contributed by atoms with Crippen LogP contribution in [-0.2, 0) is 0 Å². The summed E-state index contributed by atoms with van der Waals surface area (Å²) in [6, 6.07) is 59.8. The van der Waals surface area contributed by atoms with Crippen LogP contribution in [0.1, 0.15) is 18.2 Å².